The molecule has 1 N–H and O–H groups in total. The summed E-state index contributed by atoms with van der Waals surface area (Å²) in [7, 11) is 4.17. The second-order valence-corrected chi connectivity index (χ2v) is 4.68. The van der Waals surface area contributed by atoms with E-state index in [0.717, 1.165) is 25.2 Å². The summed E-state index contributed by atoms with van der Waals surface area (Å²) in [4.78, 5) is 6.76. The summed E-state index contributed by atoms with van der Waals surface area (Å²) in [5.41, 5.74) is 2.44. The summed E-state index contributed by atoms with van der Waals surface area (Å²) < 4.78 is 0. The Labute approximate surface area is 109 Å². The maximum absolute atomic E-state index is 4.40. The normalized spacial score (nSPS) is 11.3. The zero-order chi connectivity index (χ0) is 12.8. The third kappa shape index (κ3) is 3.28. The first-order valence-corrected chi connectivity index (χ1v) is 6.47. The molecule has 0 bridgehead atoms. The van der Waals surface area contributed by atoms with Crippen molar-refractivity contribution in [2.24, 2.45) is 0 Å². The molecule has 2 aromatic rings. The largest absolute Gasteiger partial charge is 0.320 e. The van der Waals surface area contributed by atoms with Crippen molar-refractivity contribution in [3.8, 4) is 0 Å². The first-order valence-electron chi connectivity index (χ1n) is 6.47. The van der Waals surface area contributed by atoms with Gasteiger partial charge in [-0.05, 0) is 51.3 Å². The molecule has 96 valence electrons. The van der Waals surface area contributed by atoms with E-state index in [0.29, 0.717) is 0 Å². The Hall–Kier alpha value is -1.45. The highest BCUT2D eigenvalue weighted by Crippen LogP contribution is 2.17. The number of para-hydroxylation sites is 1. The van der Waals surface area contributed by atoms with Gasteiger partial charge >= 0.3 is 0 Å². The van der Waals surface area contributed by atoms with Gasteiger partial charge < -0.3 is 10.2 Å². The predicted molar refractivity (Wildman–Crippen MR) is 76.6 cm³/mol. The lowest BCUT2D eigenvalue weighted by Gasteiger charge is -2.17. The lowest BCUT2D eigenvalue weighted by atomic mass is 10.1. The van der Waals surface area contributed by atoms with Crippen molar-refractivity contribution >= 4 is 10.9 Å². The van der Waals surface area contributed by atoms with E-state index in [1.54, 1.807) is 0 Å². The number of fused-ring (bicyclic) bond motifs is 1. The minimum absolute atomic E-state index is 0.979. The molecule has 0 aliphatic carbocycles. The first kappa shape index (κ1) is 13.0. The standard InChI is InChI=1S/C15H21N3/c1-16-9-5-11-18(2)12-13-8-10-17-15-7-4-3-6-14(13)15/h3-4,6-8,10,16H,5,9,11-12H2,1-2H3. The van der Waals surface area contributed by atoms with Crippen LogP contribution in [0.25, 0.3) is 10.9 Å². The zero-order valence-electron chi connectivity index (χ0n) is 11.2. The van der Waals surface area contributed by atoms with Gasteiger partial charge in [0.25, 0.3) is 0 Å². The number of rotatable bonds is 6. The molecule has 0 aliphatic heterocycles. The fourth-order valence-corrected chi connectivity index (χ4v) is 2.19. The molecule has 0 spiro atoms. The van der Waals surface area contributed by atoms with E-state index in [9.17, 15) is 0 Å². The second kappa shape index (κ2) is 6.47. The molecule has 0 saturated heterocycles. The van der Waals surface area contributed by atoms with Crippen molar-refractivity contribution in [3.05, 3.63) is 42.1 Å². The highest BCUT2D eigenvalue weighted by molar-refractivity contribution is 5.81. The van der Waals surface area contributed by atoms with Crippen molar-refractivity contribution in [2.75, 3.05) is 27.2 Å². The Morgan fingerprint density at radius 3 is 2.89 bits per heavy atom. The Morgan fingerprint density at radius 2 is 2.06 bits per heavy atom. The van der Waals surface area contributed by atoms with Gasteiger partial charge in [0.05, 0.1) is 5.52 Å². The summed E-state index contributed by atoms with van der Waals surface area (Å²) in [5, 5.41) is 4.44. The van der Waals surface area contributed by atoms with E-state index in [1.807, 2.05) is 19.3 Å². The zero-order valence-corrected chi connectivity index (χ0v) is 11.2. The maximum Gasteiger partial charge on any atom is 0.0705 e. The highest BCUT2D eigenvalue weighted by atomic mass is 15.1. The summed E-state index contributed by atoms with van der Waals surface area (Å²) in [5.74, 6) is 0. The molecule has 0 aliphatic rings. The van der Waals surface area contributed by atoms with Gasteiger partial charge in [0.15, 0.2) is 0 Å². The van der Waals surface area contributed by atoms with Gasteiger partial charge in [0.1, 0.15) is 0 Å². The molecule has 3 nitrogen and oxygen atoms in total. The fourth-order valence-electron chi connectivity index (χ4n) is 2.19. The molecule has 0 saturated carbocycles. The quantitative estimate of drug-likeness (QED) is 0.789. The van der Waals surface area contributed by atoms with Gasteiger partial charge in [-0.1, -0.05) is 18.2 Å². The molecule has 0 radical (unpaired) electrons. The van der Waals surface area contributed by atoms with Crippen LogP contribution in [-0.2, 0) is 6.54 Å². The van der Waals surface area contributed by atoms with Crippen LogP contribution in [0.15, 0.2) is 36.5 Å². The Kier molecular flexibility index (Phi) is 4.67. The number of pyridine rings is 1. The van der Waals surface area contributed by atoms with E-state index >= 15 is 0 Å². The Bertz CT molecular complexity index is 491. The minimum Gasteiger partial charge on any atom is -0.320 e. The van der Waals surface area contributed by atoms with Crippen molar-refractivity contribution < 1.29 is 0 Å². The van der Waals surface area contributed by atoms with Crippen LogP contribution in [-0.4, -0.2) is 37.1 Å². The number of hydrogen-bond acceptors (Lipinski definition) is 3. The highest BCUT2D eigenvalue weighted by Gasteiger charge is 2.04. The van der Waals surface area contributed by atoms with Gasteiger partial charge in [0.2, 0.25) is 0 Å². The average Bonchev–Trinajstić information content (AvgIpc) is 2.39. The van der Waals surface area contributed by atoms with Crippen molar-refractivity contribution in [1.29, 1.82) is 0 Å². The van der Waals surface area contributed by atoms with Crippen molar-refractivity contribution in [2.45, 2.75) is 13.0 Å². The minimum atomic E-state index is 0.979. The van der Waals surface area contributed by atoms with Crippen LogP contribution in [0.2, 0.25) is 0 Å². The lowest BCUT2D eigenvalue weighted by molar-refractivity contribution is 0.322. The summed E-state index contributed by atoms with van der Waals surface area (Å²) in [6.07, 6.45) is 3.08. The predicted octanol–water partition coefficient (Wildman–Crippen LogP) is 2.28. The van der Waals surface area contributed by atoms with Crippen LogP contribution in [0.4, 0.5) is 0 Å². The SMILES string of the molecule is CNCCCN(C)Cc1ccnc2ccccc12. The van der Waals surface area contributed by atoms with Crippen LogP contribution >= 0.6 is 0 Å². The Morgan fingerprint density at radius 1 is 1.22 bits per heavy atom. The van der Waals surface area contributed by atoms with Crippen LogP contribution in [0.3, 0.4) is 0 Å². The average molecular weight is 243 g/mol. The lowest BCUT2D eigenvalue weighted by Crippen LogP contribution is -2.22. The van der Waals surface area contributed by atoms with E-state index in [2.05, 4.69) is 46.5 Å². The third-order valence-electron chi connectivity index (χ3n) is 3.15. The monoisotopic (exact) mass is 243 g/mol. The summed E-state index contributed by atoms with van der Waals surface area (Å²) in [6, 6.07) is 10.5. The van der Waals surface area contributed by atoms with Crippen LogP contribution in [0.5, 0.6) is 0 Å². The molecular formula is C15H21N3. The summed E-state index contributed by atoms with van der Waals surface area (Å²) in [6.45, 7) is 3.16. The molecule has 18 heavy (non-hydrogen) atoms. The van der Waals surface area contributed by atoms with Crippen LogP contribution in [0.1, 0.15) is 12.0 Å². The fraction of sp³-hybridized carbons (Fsp3) is 0.400. The van der Waals surface area contributed by atoms with Gasteiger partial charge in [-0.25, -0.2) is 0 Å². The van der Waals surface area contributed by atoms with Crippen molar-refractivity contribution in [1.82, 2.24) is 15.2 Å². The van der Waals surface area contributed by atoms with Crippen LogP contribution < -0.4 is 5.32 Å². The molecule has 0 fully saturated rings. The van der Waals surface area contributed by atoms with Crippen LogP contribution in [0, 0.1) is 0 Å². The molecule has 0 amide bonds. The smallest absolute Gasteiger partial charge is 0.0705 e. The van der Waals surface area contributed by atoms with E-state index < -0.39 is 0 Å². The molecule has 1 aromatic carbocycles. The summed E-state index contributed by atoms with van der Waals surface area (Å²) >= 11 is 0. The van der Waals surface area contributed by atoms with Gasteiger partial charge in [-0.2, -0.15) is 0 Å². The van der Waals surface area contributed by atoms with Gasteiger partial charge in [-0.15, -0.1) is 0 Å². The van der Waals surface area contributed by atoms with E-state index in [1.165, 1.54) is 17.4 Å². The molecule has 2 rings (SSSR count). The number of aromatic nitrogens is 1. The molecule has 0 atom stereocenters. The maximum atomic E-state index is 4.40. The first-order chi connectivity index (χ1) is 8.81. The number of hydrogen-bond donors (Lipinski definition) is 1. The second-order valence-electron chi connectivity index (χ2n) is 4.68. The van der Waals surface area contributed by atoms with E-state index in [-0.39, 0.29) is 0 Å². The number of nitrogens with zero attached hydrogens (tertiary/aromatic N) is 2. The van der Waals surface area contributed by atoms with Crippen molar-refractivity contribution in [3.63, 3.8) is 0 Å². The molecule has 1 heterocycles. The van der Waals surface area contributed by atoms with Gasteiger partial charge in [0, 0.05) is 18.1 Å². The van der Waals surface area contributed by atoms with Gasteiger partial charge in [-0.3, -0.25) is 4.98 Å². The molecular weight excluding hydrogens is 222 g/mol. The molecule has 3 heteroatoms. The molecule has 1 aromatic heterocycles. The van der Waals surface area contributed by atoms with E-state index in [4.69, 9.17) is 0 Å². The number of benzene rings is 1. The topological polar surface area (TPSA) is 28.2 Å². The Balaban J connectivity index is 2.07. The third-order valence-corrected chi connectivity index (χ3v) is 3.15. The number of nitrogens with one attached hydrogen (secondary N) is 1. The molecule has 0 unspecified atom stereocenters.